The molecule has 0 heterocycles. The smallest absolute Gasteiger partial charge is 0.292 e. The van der Waals surface area contributed by atoms with E-state index >= 15 is 0 Å². The van der Waals surface area contributed by atoms with Gasteiger partial charge in [0.2, 0.25) is 0 Å². The number of nitrogens with two attached hydrogens (primary N) is 1. The van der Waals surface area contributed by atoms with Gasteiger partial charge in [0.1, 0.15) is 5.69 Å². The number of nitrogen functional groups attached to an aromatic ring is 1. The number of benzene rings is 3. The maximum atomic E-state index is 11.0. The molecule has 0 radical (unpaired) electrons. The van der Waals surface area contributed by atoms with Crippen molar-refractivity contribution < 1.29 is 4.92 Å². The van der Waals surface area contributed by atoms with E-state index in [4.69, 9.17) is 17.3 Å². The fourth-order valence-corrected chi connectivity index (χ4v) is 2.71. The molecule has 0 saturated heterocycles. The molecule has 0 fully saturated rings. The second-order valence-corrected chi connectivity index (χ2v) is 5.50. The molecule has 4 nitrogen and oxygen atoms in total. The maximum Gasteiger partial charge on any atom is 0.292 e. The first-order valence-corrected chi connectivity index (χ1v) is 7.33. The van der Waals surface area contributed by atoms with E-state index in [2.05, 4.69) is 0 Å². The van der Waals surface area contributed by atoms with Gasteiger partial charge in [0.25, 0.3) is 5.69 Å². The van der Waals surface area contributed by atoms with Crippen LogP contribution in [0.1, 0.15) is 0 Å². The molecule has 0 amide bonds. The Kier molecular flexibility index (Phi) is 4.00. The molecule has 3 aromatic rings. The van der Waals surface area contributed by atoms with Gasteiger partial charge in [0.05, 0.1) is 9.95 Å². The van der Waals surface area contributed by atoms with E-state index in [1.165, 1.54) is 12.1 Å². The number of hydrogen-bond acceptors (Lipinski definition) is 3. The summed E-state index contributed by atoms with van der Waals surface area (Å²) in [4.78, 5) is 10.5. The summed E-state index contributed by atoms with van der Waals surface area (Å²) in [7, 11) is 0. The Hall–Kier alpha value is -2.85. The van der Waals surface area contributed by atoms with E-state index in [0.717, 1.165) is 16.7 Å². The Bertz CT molecular complexity index is 862. The highest BCUT2D eigenvalue weighted by molar-refractivity contribution is 6.33. The largest absolute Gasteiger partial charge is 0.393 e. The summed E-state index contributed by atoms with van der Waals surface area (Å²) in [6.07, 6.45) is 0. The molecule has 0 saturated carbocycles. The van der Waals surface area contributed by atoms with Gasteiger partial charge in [-0.3, -0.25) is 10.1 Å². The lowest BCUT2D eigenvalue weighted by molar-refractivity contribution is -0.383. The van der Waals surface area contributed by atoms with Crippen molar-refractivity contribution >= 4 is 23.0 Å². The molecule has 0 atom stereocenters. The van der Waals surface area contributed by atoms with Crippen LogP contribution in [-0.4, -0.2) is 4.92 Å². The lowest BCUT2D eigenvalue weighted by atomic mass is 9.99. The molecular formula is C18H13ClN2O2. The standard InChI is InChI=1S/C18H13ClN2O2/c19-16-11-17(20)18(21(22)23)10-15(16)14-8-6-13(7-9-14)12-4-2-1-3-5-12/h1-11H,20H2. The molecule has 3 aromatic carbocycles. The van der Waals surface area contributed by atoms with E-state index in [0.29, 0.717) is 10.6 Å². The molecule has 5 heteroatoms. The minimum absolute atomic E-state index is 0.0599. The zero-order chi connectivity index (χ0) is 16.4. The molecule has 114 valence electrons. The minimum atomic E-state index is -0.506. The van der Waals surface area contributed by atoms with Crippen LogP contribution in [0.3, 0.4) is 0 Å². The number of nitro groups is 1. The first kappa shape index (κ1) is 15.1. The van der Waals surface area contributed by atoms with Crippen molar-refractivity contribution in [2.75, 3.05) is 5.73 Å². The normalized spacial score (nSPS) is 10.5. The maximum absolute atomic E-state index is 11.0. The minimum Gasteiger partial charge on any atom is -0.393 e. The van der Waals surface area contributed by atoms with Crippen LogP contribution >= 0.6 is 11.6 Å². The Morgan fingerprint density at radius 2 is 1.43 bits per heavy atom. The van der Waals surface area contributed by atoms with Crippen molar-refractivity contribution in [3.05, 3.63) is 81.9 Å². The third kappa shape index (κ3) is 3.03. The SMILES string of the molecule is Nc1cc(Cl)c(-c2ccc(-c3ccccc3)cc2)cc1[N+](=O)[O-]. The van der Waals surface area contributed by atoms with Gasteiger partial charge in [0, 0.05) is 11.6 Å². The van der Waals surface area contributed by atoms with E-state index in [9.17, 15) is 10.1 Å². The Labute approximate surface area is 138 Å². The summed E-state index contributed by atoms with van der Waals surface area (Å²) in [5, 5.41) is 11.4. The zero-order valence-electron chi connectivity index (χ0n) is 12.1. The Morgan fingerprint density at radius 3 is 2.04 bits per heavy atom. The lowest BCUT2D eigenvalue weighted by Gasteiger charge is -2.08. The first-order valence-electron chi connectivity index (χ1n) is 6.95. The molecule has 2 N–H and O–H groups in total. The van der Waals surface area contributed by atoms with Crippen LogP contribution in [-0.2, 0) is 0 Å². The van der Waals surface area contributed by atoms with Crippen molar-refractivity contribution in [2.24, 2.45) is 0 Å². The highest BCUT2D eigenvalue weighted by atomic mass is 35.5. The quantitative estimate of drug-likeness (QED) is 0.411. The molecule has 23 heavy (non-hydrogen) atoms. The van der Waals surface area contributed by atoms with Gasteiger partial charge >= 0.3 is 0 Å². The number of anilines is 1. The second-order valence-electron chi connectivity index (χ2n) is 5.09. The summed E-state index contributed by atoms with van der Waals surface area (Å²) < 4.78 is 0. The average molecular weight is 325 g/mol. The van der Waals surface area contributed by atoms with Crippen LogP contribution in [0, 0.1) is 10.1 Å². The van der Waals surface area contributed by atoms with Gasteiger partial charge < -0.3 is 5.73 Å². The molecule has 0 spiro atoms. The van der Waals surface area contributed by atoms with Gasteiger partial charge in [-0.1, -0.05) is 66.2 Å². The zero-order valence-corrected chi connectivity index (χ0v) is 12.8. The van der Waals surface area contributed by atoms with E-state index in [1.807, 2.05) is 54.6 Å². The summed E-state index contributed by atoms with van der Waals surface area (Å²) >= 11 is 6.19. The number of halogens is 1. The lowest BCUT2D eigenvalue weighted by Crippen LogP contribution is -1.96. The van der Waals surface area contributed by atoms with Crippen molar-refractivity contribution in [1.82, 2.24) is 0 Å². The van der Waals surface area contributed by atoms with Gasteiger partial charge in [-0.25, -0.2) is 0 Å². The van der Waals surface area contributed by atoms with Crippen LogP contribution in [0.25, 0.3) is 22.3 Å². The van der Waals surface area contributed by atoms with Crippen LogP contribution in [0.2, 0.25) is 5.02 Å². The molecule has 0 unspecified atom stereocenters. The predicted molar refractivity (Wildman–Crippen MR) is 93.4 cm³/mol. The van der Waals surface area contributed by atoms with Crippen molar-refractivity contribution in [2.45, 2.75) is 0 Å². The first-order chi connectivity index (χ1) is 11.1. The van der Waals surface area contributed by atoms with E-state index < -0.39 is 4.92 Å². The van der Waals surface area contributed by atoms with Crippen LogP contribution in [0.4, 0.5) is 11.4 Å². The highest BCUT2D eigenvalue weighted by Crippen LogP contribution is 2.36. The van der Waals surface area contributed by atoms with Gasteiger partial charge in [0.15, 0.2) is 0 Å². The van der Waals surface area contributed by atoms with Crippen molar-refractivity contribution in [3.8, 4) is 22.3 Å². The van der Waals surface area contributed by atoms with Crippen LogP contribution < -0.4 is 5.73 Å². The fraction of sp³-hybridized carbons (Fsp3) is 0. The average Bonchev–Trinajstić information content (AvgIpc) is 2.56. The molecule has 3 rings (SSSR count). The van der Waals surface area contributed by atoms with E-state index in [-0.39, 0.29) is 11.4 Å². The molecule has 0 bridgehead atoms. The van der Waals surface area contributed by atoms with Crippen molar-refractivity contribution in [1.29, 1.82) is 0 Å². The summed E-state index contributed by atoms with van der Waals surface area (Å²) in [5.74, 6) is 0. The summed E-state index contributed by atoms with van der Waals surface area (Å²) in [5.41, 5.74) is 9.12. The molecule has 0 aliphatic heterocycles. The molecule has 0 aliphatic carbocycles. The highest BCUT2D eigenvalue weighted by Gasteiger charge is 2.16. The third-order valence-corrected chi connectivity index (χ3v) is 3.93. The number of nitrogens with zero attached hydrogens (tertiary/aromatic N) is 1. The Morgan fingerprint density at radius 1 is 0.870 bits per heavy atom. The van der Waals surface area contributed by atoms with Crippen molar-refractivity contribution in [3.63, 3.8) is 0 Å². The van der Waals surface area contributed by atoms with Gasteiger partial charge in [-0.05, 0) is 22.8 Å². The number of rotatable bonds is 3. The summed E-state index contributed by atoms with van der Waals surface area (Å²) in [6.45, 7) is 0. The topological polar surface area (TPSA) is 69.2 Å². The van der Waals surface area contributed by atoms with Gasteiger partial charge in [-0.15, -0.1) is 0 Å². The monoisotopic (exact) mass is 324 g/mol. The second kappa shape index (κ2) is 6.10. The fourth-order valence-electron chi connectivity index (χ4n) is 2.43. The number of hydrogen-bond donors (Lipinski definition) is 1. The molecule has 0 aliphatic rings. The Balaban J connectivity index is 2.03. The van der Waals surface area contributed by atoms with Crippen LogP contribution in [0.5, 0.6) is 0 Å². The van der Waals surface area contributed by atoms with E-state index in [1.54, 1.807) is 0 Å². The number of nitro benzene ring substituents is 1. The summed E-state index contributed by atoms with van der Waals surface area (Å²) in [6, 6.07) is 20.5. The molecule has 0 aromatic heterocycles. The van der Waals surface area contributed by atoms with Gasteiger partial charge in [-0.2, -0.15) is 0 Å². The predicted octanol–water partition coefficient (Wildman–Crippen LogP) is 5.16. The molecular weight excluding hydrogens is 312 g/mol. The third-order valence-electron chi connectivity index (χ3n) is 3.62. The van der Waals surface area contributed by atoms with Crippen LogP contribution in [0.15, 0.2) is 66.7 Å².